The Hall–Kier alpha value is -1.07. The van der Waals surface area contributed by atoms with Crippen molar-refractivity contribution in [3.63, 3.8) is 0 Å². The summed E-state index contributed by atoms with van der Waals surface area (Å²) in [7, 11) is 0. The Labute approximate surface area is 147 Å². The fourth-order valence-corrected chi connectivity index (χ4v) is 3.86. The summed E-state index contributed by atoms with van der Waals surface area (Å²) < 4.78 is 5.62. The van der Waals surface area contributed by atoms with Crippen LogP contribution in [-0.2, 0) is 6.54 Å². The summed E-state index contributed by atoms with van der Waals surface area (Å²) in [6, 6.07) is 7.62. The number of hydrogen-bond donors (Lipinski definition) is 1. The van der Waals surface area contributed by atoms with Gasteiger partial charge in [0.05, 0.1) is 5.69 Å². The van der Waals surface area contributed by atoms with Crippen molar-refractivity contribution in [3.05, 3.63) is 41.2 Å². The molecule has 0 radical (unpaired) electrons. The van der Waals surface area contributed by atoms with Gasteiger partial charge < -0.3 is 9.73 Å². The molecule has 1 N–H and O–H groups in total. The van der Waals surface area contributed by atoms with Crippen molar-refractivity contribution in [2.24, 2.45) is 5.41 Å². The number of aromatic nitrogens is 1. The fraction of sp³-hybridized carbons (Fsp3) is 0.471. The van der Waals surface area contributed by atoms with Crippen LogP contribution in [0, 0.1) is 5.41 Å². The van der Waals surface area contributed by atoms with Crippen molar-refractivity contribution in [1.82, 2.24) is 15.2 Å². The molecule has 3 heterocycles. The van der Waals surface area contributed by atoms with Crippen molar-refractivity contribution in [2.75, 3.05) is 26.2 Å². The molecule has 2 aliphatic rings. The van der Waals surface area contributed by atoms with Gasteiger partial charge in [-0.3, -0.25) is 4.90 Å². The van der Waals surface area contributed by atoms with E-state index in [0.717, 1.165) is 37.4 Å². The highest BCUT2D eigenvalue weighted by molar-refractivity contribution is 6.30. The molecular formula is C17H21Cl2N3O. The Bertz CT molecular complexity index is 667. The second kappa shape index (κ2) is 6.81. The second-order valence-corrected chi connectivity index (χ2v) is 6.98. The summed E-state index contributed by atoms with van der Waals surface area (Å²) in [6.07, 6.45) is 4.36. The fourth-order valence-electron chi connectivity index (χ4n) is 3.67. The highest BCUT2D eigenvalue weighted by atomic mass is 35.5. The number of benzene rings is 1. The van der Waals surface area contributed by atoms with Crippen LogP contribution in [0.15, 0.2) is 34.9 Å². The zero-order chi connectivity index (χ0) is 15.0. The minimum absolute atomic E-state index is 0. The van der Waals surface area contributed by atoms with E-state index in [1.54, 1.807) is 6.26 Å². The van der Waals surface area contributed by atoms with E-state index in [9.17, 15) is 0 Å². The van der Waals surface area contributed by atoms with Crippen LogP contribution in [0.25, 0.3) is 11.5 Å². The normalized spacial score (nSPS) is 24.2. The van der Waals surface area contributed by atoms with Crippen molar-refractivity contribution < 1.29 is 4.42 Å². The van der Waals surface area contributed by atoms with Gasteiger partial charge in [0.2, 0.25) is 5.89 Å². The lowest BCUT2D eigenvalue weighted by atomic mass is 9.87. The van der Waals surface area contributed by atoms with Crippen molar-refractivity contribution >= 4 is 24.0 Å². The zero-order valence-electron chi connectivity index (χ0n) is 12.9. The van der Waals surface area contributed by atoms with E-state index >= 15 is 0 Å². The molecule has 1 atom stereocenters. The molecule has 1 spiro atoms. The number of oxazole rings is 1. The molecule has 4 rings (SSSR count). The van der Waals surface area contributed by atoms with Crippen molar-refractivity contribution in [3.8, 4) is 11.5 Å². The van der Waals surface area contributed by atoms with E-state index in [4.69, 9.17) is 16.0 Å². The predicted octanol–water partition coefficient (Wildman–Crippen LogP) is 3.60. The first kappa shape index (κ1) is 16.8. The van der Waals surface area contributed by atoms with Crippen molar-refractivity contribution in [1.29, 1.82) is 0 Å². The molecule has 1 unspecified atom stereocenters. The summed E-state index contributed by atoms with van der Waals surface area (Å²) in [5, 5.41) is 4.20. The Balaban J connectivity index is 0.00000156. The Morgan fingerprint density at radius 2 is 2.26 bits per heavy atom. The zero-order valence-corrected chi connectivity index (χ0v) is 14.5. The van der Waals surface area contributed by atoms with E-state index in [-0.39, 0.29) is 12.4 Å². The average molecular weight is 354 g/mol. The van der Waals surface area contributed by atoms with E-state index in [1.165, 1.54) is 19.4 Å². The maximum atomic E-state index is 6.02. The average Bonchev–Trinajstić information content (AvgIpc) is 3.23. The molecule has 2 aromatic rings. The summed E-state index contributed by atoms with van der Waals surface area (Å²) in [5.74, 6) is 0.647. The van der Waals surface area contributed by atoms with Gasteiger partial charge in [0.1, 0.15) is 6.26 Å². The smallest absolute Gasteiger partial charge is 0.226 e. The maximum absolute atomic E-state index is 6.02. The SMILES string of the molecule is Cl.Clc1cccc(-c2nc(CN3CCC4(CCNC4)C3)co2)c1. The van der Waals surface area contributed by atoms with Crippen LogP contribution in [0.1, 0.15) is 18.5 Å². The van der Waals surface area contributed by atoms with Gasteiger partial charge in [-0.1, -0.05) is 17.7 Å². The predicted molar refractivity (Wildman–Crippen MR) is 94.0 cm³/mol. The molecule has 1 aromatic carbocycles. The summed E-state index contributed by atoms with van der Waals surface area (Å²) in [4.78, 5) is 7.11. The molecule has 4 nitrogen and oxygen atoms in total. The number of rotatable bonds is 3. The number of hydrogen-bond acceptors (Lipinski definition) is 4. The third-order valence-electron chi connectivity index (χ3n) is 4.86. The van der Waals surface area contributed by atoms with Crippen LogP contribution in [0.4, 0.5) is 0 Å². The van der Waals surface area contributed by atoms with Gasteiger partial charge in [0.25, 0.3) is 0 Å². The summed E-state index contributed by atoms with van der Waals surface area (Å²) >= 11 is 6.02. The molecule has 0 aliphatic carbocycles. The topological polar surface area (TPSA) is 41.3 Å². The summed E-state index contributed by atoms with van der Waals surface area (Å²) in [5.41, 5.74) is 2.43. The molecule has 0 bridgehead atoms. The molecular weight excluding hydrogens is 333 g/mol. The molecule has 2 fully saturated rings. The van der Waals surface area contributed by atoms with Gasteiger partial charge in [-0.15, -0.1) is 12.4 Å². The Kier molecular flexibility index (Phi) is 4.97. The van der Waals surface area contributed by atoms with Crippen LogP contribution >= 0.6 is 24.0 Å². The van der Waals surface area contributed by atoms with Gasteiger partial charge >= 0.3 is 0 Å². The van der Waals surface area contributed by atoms with Crippen LogP contribution in [-0.4, -0.2) is 36.1 Å². The first-order valence-corrected chi connectivity index (χ1v) is 8.24. The van der Waals surface area contributed by atoms with E-state index in [2.05, 4.69) is 15.2 Å². The van der Waals surface area contributed by atoms with Gasteiger partial charge in [0.15, 0.2) is 0 Å². The molecule has 0 amide bonds. The van der Waals surface area contributed by atoms with E-state index in [1.807, 2.05) is 24.3 Å². The number of nitrogens with zero attached hydrogens (tertiary/aromatic N) is 2. The molecule has 124 valence electrons. The third kappa shape index (κ3) is 3.56. The minimum Gasteiger partial charge on any atom is -0.444 e. The summed E-state index contributed by atoms with van der Waals surface area (Å²) in [6.45, 7) is 5.51. The van der Waals surface area contributed by atoms with Crippen LogP contribution < -0.4 is 5.32 Å². The first-order chi connectivity index (χ1) is 10.7. The van der Waals surface area contributed by atoms with Gasteiger partial charge in [-0.05, 0) is 49.5 Å². The molecule has 2 aliphatic heterocycles. The quantitative estimate of drug-likeness (QED) is 0.915. The number of nitrogens with one attached hydrogen (secondary N) is 1. The Morgan fingerprint density at radius 3 is 3.04 bits per heavy atom. The lowest BCUT2D eigenvalue weighted by Crippen LogP contribution is -2.29. The second-order valence-electron chi connectivity index (χ2n) is 6.54. The van der Waals surface area contributed by atoms with Crippen LogP contribution in [0.3, 0.4) is 0 Å². The van der Waals surface area contributed by atoms with Gasteiger partial charge in [0, 0.05) is 30.2 Å². The van der Waals surface area contributed by atoms with Crippen LogP contribution in [0.2, 0.25) is 5.02 Å². The molecule has 23 heavy (non-hydrogen) atoms. The van der Waals surface area contributed by atoms with E-state index < -0.39 is 0 Å². The molecule has 2 saturated heterocycles. The van der Waals surface area contributed by atoms with E-state index in [0.29, 0.717) is 16.3 Å². The molecule has 6 heteroatoms. The number of halogens is 2. The lowest BCUT2D eigenvalue weighted by molar-refractivity contribution is 0.266. The maximum Gasteiger partial charge on any atom is 0.226 e. The standard InChI is InChI=1S/C17H20ClN3O.ClH/c18-14-3-1-2-13(8-14)16-20-15(10-22-16)9-21-7-5-17(12-21)4-6-19-11-17;/h1-3,8,10,19H,4-7,9,11-12H2;1H. The van der Waals surface area contributed by atoms with Crippen molar-refractivity contribution in [2.45, 2.75) is 19.4 Å². The van der Waals surface area contributed by atoms with Gasteiger partial charge in [-0.2, -0.15) is 0 Å². The van der Waals surface area contributed by atoms with Gasteiger partial charge in [-0.25, -0.2) is 4.98 Å². The lowest BCUT2D eigenvalue weighted by Gasteiger charge is -2.22. The highest BCUT2D eigenvalue weighted by Crippen LogP contribution is 2.36. The minimum atomic E-state index is 0. The van der Waals surface area contributed by atoms with Crippen LogP contribution in [0.5, 0.6) is 0 Å². The Morgan fingerprint density at radius 1 is 1.35 bits per heavy atom. The number of likely N-dealkylation sites (tertiary alicyclic amines) is 1. The largest absolute Gasteiger partial charge is 0.444 e. The monoisotopic (exact) mass is 353 g/mol. The first-order valence-electron chi connectivity index (χ1n) is 7.86. The molecule has 0 saturated carbocycles. The molecule has 1 aromatic heterocycles. The third-order valence-corrected chi connectivity index (χ3v) is 5.09. The highest BCUT2D eigenvalue weighted by Gasteiger charge is 2.40.